The Bertz CT molecular complexity index is 1220. The van der Waals surface area contributed by atoms with Crippen LogP contribution < -0.4 is 14.9 Å². The summed E-state index contributed by atoms with van der Waals surface area (Å²) in [4.78, 5) is 12.3. The summed E-state index contributed by atoms with van der Waals surface area (Å²) in [6, 6.07) is 22.8. The quantitative estimate of drug-likeness (QED) is 0.175. The number of hydrazone groups is 1. The van der Waals surface area contributed by atoms with Crippen LogP contribution in [0.2, 0.25) is 0 Å². The predicted octanol–water partition coefficient (Wildman–Crippen LogP) is 5.78. The van der Waals surface area contributed by atoms with E-state index in [1.54, 1.807) is 12.3 Å². The molecule has 4 aromatic rings. The molecule has 32 heavy (non-hydrogen) atoms. The number of halogens is 1. The molecule has 0 aliphatic carbocycles. The van der Waals surface area contributed by atoms with Crippen molar-refractivity contribution in [2.45, 2.75) is 13.5 Å². The van der Waals surface area contributed by atoms with Crippen molar-refractivity contribution >= 4 is 45.7 Å². The number of carbonyl (C=O) groups excluding carboxylic acids is 1. The summed E-state index contributed by atoms with van der Waals surface area (Å²) in [7, 11) is 0. The van der Waals surface area contributed by atoms with Crippen molar-refractivity contribution in [3.63, 3.8) is 0 Å². The molecule has 0 fully saturated rings. The molecule has 1 heterocycles. The van der Waals surface area contributed by atoms with Crippen LogP contribution in [-0.4, -0.2) is 18.7 Å². The number of ether oxygens (including phenoxy) is 2. The molecule has 1 amide bonds. The van der Waals surface area contributed by atoms with Gasteiger partial charge in [0.1, 0.15) is 12.2 Å². The molecule has 1 aromatic heterocycles. The average Bonchev–Trinajstić information content (AvgIpc) is 3.24. The van der Waals surface area contributed by atoms with Crippen LogP contribution in [0.25, 0.3) is 11.0 Å². The molecular weight excluding hydrogens is 519 g/mol. The van der Waals surface area contributed by atoms with Crippen LogP contribution in [0.15, 0.2) is 82.3 Å². The molecule has 7 heteroatoms. The van der Waals surface area contributed by atoms with Crippen LogP contribution >= 0.6 is 22.6 Å². The Morgan fingerprint density at radius 2 is 1.84 bits per heavy atom. The van der Waals surface area contributed by atoms with E-state index in [1.165, 1.54) is 3.57 Å². The SMILES string of the molecule is CCOc1cc(/C=N/NC(=O)c2cc3ccccc3o2)ccc1OCc1ccc(I)cc1. The molecule has 162 valence electrons. The van der Waals surface area contributed by atoms with E-state index in [0.29, 0.717) is 30.3 Å². The number of rotatable bonds is 8. The molecule has 4 rings (SSSR count). The monoisotopic (exact) mass is 540 g/mol. The molecule has 0 atom stereocenters. The van der Waals surface area contributed by atoms with Crippen molar-refractivity contribution < 1.29 is 18.7 Å². The minimum atomic E-state index is -0.417. The number of amides is 1. The molecule has 0 unspecified atom stereocenters. The van der Waals surface area contributed by atoms with E-state index >= 15 is 0 Å². The molecule has 0 aliphatic heterocycles. The standard InChI is InChI=1S/C25H21IN2O4/c1-2-30-23-13-18(9-12-22(23)31-16-17-7-10-20(26)11-8-17)15-27-28-25(29)24-14-19-5-3-4-6-21(19)32-24/h3-15H,2,16H2,1H3,(H,28,29)/b27-15+. The first kappa shape index (κ1) is 21.9. The highest BCUT2D eigenvalue weighted by Gasteiger charge is 2.11. The van der Waals surface area contributed by atoms with Gasteiger partial charge in [-0.2, -0.15) is 5.10 Å². The number of benzene rings is 3. The highest BCUT2D eigenvalue weighted by molar-refractivity contribution is 14.1. The summed E-state index contributed by atoms with van der Waals surface area (Å²) in [5.41, 5.74) is 4.99. The minimum absolute atomic E-state index is 0.206. The van der Waals surface area contributed by atoms with Gasteiger partial charge in [-0.05, 0) is 83.1 Å². The van der Waals surface area contributed by atoms with Gasteiger partial charge in [-0.15, -0.1) is 0 Å². The van der Waals surface area contributed by atoms with Crippen molar-refractivity contribution in [3.05, 3.63) is 93.3 Å². The zero-order valence-corrected chi connectivity index (χ0v) is 19.5. The summed E-state index contributed by atoms with van der Waals surface area (Å²) in [6.07, 6.45) is 1.55. The first-order valence-electron chi connectivity index (χ1n) is 10.1. The summed E-state index contributed by atoms with van der Waals surface area (Å²) >= 11 is 2.27. The number of nitrogens with one attached hydrogen (secondary N) is 1. The predicted molar refractivity (Wildman–Crippen MR) is 132 cm³/mol. The highest BCUT2D eigenvalue weighted by Crippen LogP contribution is 2.29. The van der Waals surface area contributed by atoms with Crippen molar-refractivity contribution in [3.8, 4) is 11.5 Å². The number of fused-ring (bicyclic) bond motifs is 1. The Morgan fingerprint density at radius 1 is 1.03 bits per heavy atom. The largest absolute Gasteiger partial charge is 0.490 e. The zero-order valence-electron chi connectivity index (χ0n) is 17.4. The van der Waals surface area contributed by atoms with Gasteiger partial charge in [-0.25, -0.2) is 5.43 Å². The normalized spacial score (nSPS) is 11.1. The summed E-state index contributed by atoms with van der Waals surface area (Å²) in [5, 5.41) is 4.90. The molecule has 3 aromatic carbocycles. The van der Waals surface area contributed by atoms with Crippen LogP contribution in [0, 0.1) is 3.57 Å². The summed E-state index contributed by atoms with van der Waals surface area (Å²) in [6.45, 7) is 2.86. The first-order valence-corrected chi connectivity index (χ1v) is 11.2. The molecule has 1 N–H and O–H groups in total. The Labute approximate surface area is 199 Å². The van der Waals surface area contributed by atoms with Crippen LogP contribution in [0.3, 0.4) is 0 Å². The maximum atomic E-state index is 12.3. The van der Waals surface area contributed by atoms with E-state index in [0.717, 1.165) is 16.5 Å². The molecular formula is C25H21IN2O4. The molecule has 0 spiro atoms. The number of furan rings is 1. The van der Waals surface area contributed by atoms with Gasteiger partial charge in [0.05, 0.1) is 12.8 Å². The van der Waals surface area contributed by atoms with Gasteiger partial charge in [0.2, 0.25) is 0 Å². The van der Waals surface area contributed by atoms with E-state index in [2.05, 4.69) is 33.1 Å². The minimum Gasteiger partial charge on any atom is -0.490 e. The van der Waals surface area contributed by atoms with Crippen LogP contribution in [0.4, 0.5) is 0 Å². The van der Waals surface area contributed by atoms with Gasteiger partial charge in [0, 0.05) is 8.96 Å². The molecule has 0 radical (unpaired) electrons. The van der Waals surface area contributed by atoms with Crippen molar-refractivity contribution in [1.29, 1.82) is 0 Å². The highest BCUT2D eigenvalue weighted by atomic mass is 127. The van der Waals surface area contributed by atoms with E-state index in [9.17, 15) is 4.79 Å². The lowest BCUT2D eigenvalue weighted by Crippen LogP contribution is -2.16. The fourth-order valence-electron chi connectivity index (χ4n) is 3.05. The number of para-hydroxylation sites is 1. The number of hydrogen-bond donors (Lipinski definition) is 1. The van der Waals surface area contributed by atoms with Gasteiger partial charge in [0.25, 0.3) is 0 Å². The number of carbonyl (C=O) groups is 1. The van der Waals surface area contributed by atoms with Crippen molar-refractivity contribution in [2.24, 2.45) is 5.10 Å². The second kappa shape index (κ2) is 10.3. The van der Waals surface area contributed by atoms with Gasteiger partial charge >= 0.3 is 5.91 Å². The van der Waals surface area contributed by atoms with E-state index in [-0.39, 0.29) is 5.76 Å². The van der Waals surface area contributed by atoms with E-state index in [1.807, 2.05) is 73.7 Å². The first-order chi connectivity index (χ1) is 15.6. The zero-order chi connectivity index (χ0) is 22.3. The second-order valence-electron chi connectivity index (χ2n) is 6.90. The molecule has 0 bridgehead atoms. The van der Waals surface area contributed by atoms with Gasteiger partial charge < -0.3 is 13.9 Å². The lowest BCUT2D eigenvalue weighted by atomic mass is 10.2. The molecule has 0 saturated carbocycles. The smallest absolute Gasteiger partial charge is 0.307 e. The number of hydrogen-bond acceptors (Lipinski definition) is 5. The number of nitrogens with zero attached hydrogens (tertiary/aromatic N) is 1. The van der Waals surface area contributed by atoms with Gasteiger partial charge in [0.15, 0.2) is 17.3 Å². The van der Waals surface area contributed by atoms with E-state index in [4.69, 9.17) is 13.9 Å². The third kappa shape index (κ3) is 5.47. The lowest BCUT2D eigenvalue weighted by Gasteiger charge is -2.12. The Hall–Kier alpha value is -3.33. The van der Waals surface area contributed by atoms with Crippen molar-refractivity contribution in [1.82, 2.24) is 5.43 Å². The van der Waals surface area contributed by atoms with Gasteiger partial charge in [-0.1, -0.05) is 30.3 Å². The fraction of sp³-hybridized carbons (Fsp3) is 0.120. The Balaban J connectivity index is 1.41. The second-order valence-corrected chi connectivity index (χ2v) is 8.15. The lowest BCUT2D eigenvalue weighted by molar-refractivity contribution is 0.0929. The summed E-state index contributed by atoms with van der Waals surface area (Å²) < 4.78 is 18.4. The third-order valence-corrected chi connectivity index (χ3v) is 5.32. The maximum absolute atomic E-state index is 12.3. The molecule has 0 aliphatic rings. The topological polar surface area (TPSA) is 73.1 Å². The Morgan fingerprint density at radius 3 is 2.62 bits per heavy atom. The van der Waals surface area contributed by atoms with Crippen LogP contribution in [0.5, 0.6) is 11.5 Å². The average molecular weight is 540 g/mol. The van der Waals surface area contributed by atoms with E-state index < -0.39 is 5.91 Å². The van der Waals surface area contributed by atoms with Crippen molar-refractivity contribution in [2.75, 3.05) is 6.61 Å². The van der Waals surface area contributed by atoms with Gasteiger partial charge in [-0.3, -0.25) is 4.79 Å². The molecule has 6 nitrogen and oxygen atoms in total. The Kier molecular flexibility index (Phi) is 7.06. The maximum Gasteiger partial charge on any atom is 0.307 e. The summed E-state index contributed by atoms with van der Waals surface area (Å²) in [5.74, 6) is 1.05. The van der Waals surface area contributed by atoms with Crippen LogP contribution in [-0.2, 0) is 6.61 Å². The fourth-order valence-corrected chi connectivity index (χ4v) is 3.41. The van der Waals surface area contributed by atoms with Crippen LogP contribution in [0.1, 0.15) is 28.6 Å². The third-order valence-electron chi connectivity index (χ3n) is 4.60. The molecule has 0 saturated heterocycles.